The molecule has 3 rings (SSSR count). The Morgan fingerprint density at radius 3 is 2.55 bits per heavy atom. The first-order valence-electron chi connectivity index (χ1n) is 10.5. The highest BCUT2D eigenvalue weighted by atomic mass is 32.2. The third-order valence-electron chi connectivity index (χ3n) is 5.31. The number of aromatic amines is 1. The quantitative estimate of drug-likeness (QED) is 0.437. The van der Waals surface area contributed by atoms with E-state index in [2.05, 4.69) is 9.97 Å². The largest absolute Gasteiger partial charge is 0.497 e. The minimum absolute atomic E-state index is 0.0448. The van der Waals surface area contributed by atoms with Crippen molar-refractivity contribution in [3.8, 4) is 5.75 Å². The molecule has 0 saturated heterocycles. The molecular weight excluding hydrogens is 442 g/mol. The number of rotatable bonds is 10. The molecule has 178 valence electrons. The molecule has 1 unspecified atom stereocenters. The van der Waals surface area contributed by atoms with Gasteiger partial charge in [-0.25, -0.2) is 13.5 Å². The number of hydrogen-bond donors (Lipinski definition) is 2. The number of anilines is 1. The molecule has 0 aliphatic carbocycles. The molecule has 1 heterocycles. The van der Waals surface area contributed by atoms with Gasteiger partial charge in [0.1, 0.15) is 23.3 Å². The highest BCUT2D eigenvalue weighted by Crippen LogP contribution is 2.25. The minimum atomic E-state index is -1.34. The summed E-state index contributed by atoms with van der Waals surface area (Å²) in [6.45, 7) is 4.94. The number of likely N-dealkylation sites (N-methyl/N-ethyl adjacent to an activating group) is 2. The Hall–Kier alpha value is -2.95. The van der Waals surface area contributed by atoms with Crippen LogP contribution in [0.4, 0.5) is 5.95 Å². The fourth-order valence-corrected chi connectivity index (χ4v) is 4.76. The zero-order chi connectivity index (χ0) is 24.1. The number of imidazole rings is 1. The lowest BCUT2D eigenvalue weighted by atomic mass is 10.1. The molecule has 0 saturated carbocycles. The van der Waals surface area contributed by atoms with Gasteiger partial charge in [0.25, 0.3) is 0 Å². The Balaban J connectivity index is 1.46. The highest BCUT2D eigenvalue weighted by Gasteiger charge is 2.17. The Bertz CT molecular complexity index is 1140. The van der Waals surface area contributed by atoms with Crippen LogP contribution >= 0.6 is 0 Å². The molecule has 3 N–H and O–H groups in total. The number of H-pyrrole nitrogens is 1. The molecular formula is C23H31N5O4S. The maximum absolute atomic E-state index is 13.0. The summed E-state index contributed by atoms with van der Waals surface area (Å²) in [7, 11) is 3.78. The fourth-order valence-electron chi connectivity index (χ4n) is 3.54. The van der Waals surface area contributed by atoms with Gasteiger partial charge in [-0.15, -0.1) is 0 Å². The van der Waals surface area contributed by atoms with E-state index < -0.39 is 11.0 Å². The van der Waals surface area contributed by atoms with Gasteiger partial charge in [0, 0.05) is 27.2 Å². The summed E-state index contributed by atoms with van der Waals surface area (Å²) in [6, 6.07) is 9.46. The number of carbonyl (C=O) groups excluding carboxylic acids is 1. The predicted octanol–water partition coefficient (Wildman–Crippen LogP) is 2.40. The molecule has 3 aromatic rings. The number of aryl methyl sites for hydroxylation is 2. The van der Waals surface area contributed by atoms with Crippen molar-refractivity contribution in [1.29, 1.82) is 0 Å². The Kier molecular flexibility index (Phi) is 8.06. The van der Waals surface area contributed by atoms with Gasteiger partial charge in [-0.05, 0) is 54.8 Å². The van der Waals surface area contributed by atoms with Crippen molar-refractivity contribution in [2.24, 2.45) is 0 Å². The van der Waals surface area contributed by atoms with Crippen molar-refractivity contribution in [3.05, 3.63) is 47.0 Å². The van der Waals surface area contributed by atoms with Gasteiger partial charge >= 0.3 is 0 Å². The average molecular weight is 474 g/mol. The first kappa shape index (κ1) is 24.7. The van der Waals surface area contributed by atoms with E-state index >= 15 is 0 Å². The van der Waals surface area contributed by atoms with Gasteiger partial charge in [-0.1, -0.05) is 6.07 Å². The van der Waals surface area contributed by atoms with Crippen LogP contribution in [0.3, 0.4) is 0 Å². The number of benzene rings is 2. The number of amides is 1. The van der Waals surface area contributed by atoms with E-state index in [0.29, 0.717) is 19.0 Å². The molecule has 0 aliphatic rings. The zero-order valence-corrected chi connectivity index (χ0v) is 20.5. The van der Waals surface area contributed by atoms with E-state index in [4.69, 9.17) is 15.2 Å². The van der Waals surface area contributed by atoms with Crippen molar-refractivity contribution in [2.75, 3.05) is 46.7 Å². The maximum atomic E-state index is 13.0. The van der Waals surface area contributed by atoms with Gasteiger partial charge in [0.15, 0.2) is 5.95 Å². The summed E-state index contributed by atoms with van der Waals surface area (Å²) in [5.41, 5.74) is 10.1. The topological polar surface area (TPSA) is 114 Å². The van der Waals surface area contributed by atoms with Gasteiger partial charge in [-0.2, -0.15) is 0 Å². The average Bonchev–Trinajstić information content (AvgIpc) is 3.14. The van der Waals surface area contributed by atoms with E-state index in [0.717, 1.165) is 38.4 Å². The lowest BCUT2D eigenvalue weighted by Gasteiger charge is -2.20. The second-order valence-corrected chi connectivity index (χ2v) is 9.50. The summed E-state index contributed by atoms with van der Waals surface area (Å²) < 4.78 is 25.5. The third kappa shape index (κ3) is 6.10. The number of methoxy groups -OCH3 is 1. The van der Waals surface area contributed by atoms with Crippen LogP contribution in [-0.4, -0.2) is 70.3 Å². The molecule has 0 bridgehead atoms. The second kappa shape index (κ2) is 10.8. The van der Waals surface area contributed by atoms with Crippen LogP contribution in [0.2, 0.25) is 0 Å². The van der Waals surface area contributed by atoms with Crippen LogP contribution in [0.15, 0.2) is 35.2 Å². The molecule has 0 spiro atoms. The first-order valence-corrected chi connectivity index (χ1v) is 11.6. The highest BCUT2D eigenvalue weighted by molar-refractivity contribution is 7.82. The van der Waals surface area contributed by atoms with Crippen molar-refractivity contribution in [1.82, 2.24) is 19.2 Å². The number of nitrogen functional groups attached to an aromatic ring is 1. The van der Waals surface area contributed by atoms with Gasteiger partial charge < -0.3 is 25.1 Å². The number of nitrogens with two attached hydrogens (primary N) is 1. The number of ether oxygens (including phenoxy) is 2. The Labute approximate surface area is 196 Å². The van der Waals surface area contributed by atoms with E-state index in [1.165, 1.54) is 0 Å². The number of nitrogens with one attached hydrogen (secondary N) is 1. The smallest absolute Gasteiger partial charge is 0.248 e. The van der Waals surface area contributed by atoms with E-state index in [1.807, 2.05) is 44.2 Å². The van der Waals surface area contributed by atoms with Gasteiger partial charge in [-0.3, -0.25) is 4.79 Å². The lowest BCUT2D eigenvalue weighted by Crippen LogP contribution is -2.32. The minimum Gasteiger partial charge on any atom is -0.497 e. The van der Waals surface area contributed by atoms with Crippen molar-refractivity contribution in [2.45, 2.75) is 25.3 Å². The molecule has 2 aromatic carbocycles. The number of carbonyl (C=O) groups is 1. The normalized spacial score (nSPS) is 12.3. The van der Waals surface area contributed by atoms with E-state index in [-0.39, 0.29) is 19.1 Å². The predicted molar refractivity (Wildman–Crippen MR) is 129 cm³/mol. The molecule has 33 heavy (non-hydrogen) atoms. The van der Waals surface area contributed by atoms with Gasteiger partial charge in [0.2, 0.25) is 5.91 Å². The number of hydrogen-bond acceptors (Lipinski definition) is 6. The van der Waals surface area contributed by atoms with Crippen molar-refractivity contribution in [3.63, 3.8) is 0 Å². The third-order valence-corrected chi connectivity index (χ3v) is 7.06. The second-order valence-electron chi connectivity index (χ2n) is 7.97. The number of nitrogens with zero attached hydrogens (tertiary/aromatic N) is 3. The van der Waals surface area contributed by atoms with Gasteiger partial charge in [0.05, 0.1) is 29.6 Å². The molecule has 0 radical (unpaired) electrons. The van der Waals surface area contributed by atoms with Crippen LogP contribution in [0.1, 0.15) is 16.7 Å². The molecule has 0 fully saturated rings. The maximum Gasteiger partial charge on any atom is 0.248 e. The van der Waals surface area contributed by atoms with Crippen LogP contribution in [0.25, 0.3) is 11.0 Å². The zero-order valence-electron chi connectivity index (χ0n) is 19.7. The monoisotopic (exact) mass is 473 g/mol. The summed E-state index contributed by atoms with van der Waals surface area (Å²) in [4.78, 5) is 22.0. The molecule has 9 nitrogen and oxygen atoms in total. The SMILES string of the molecule is COc1cc(C)c(S(=O)N(C)CCOCC(=O)N(C)Cc2ccc3nc(N)[nH]c3c2)c(C)c1. The van der Waals surface area contributed by atoms with Crippen molar-refractivity contribution >= 4 is 33.9 Å². The summed E-state index contributed by atoms with van der Waals surface area (Å²) in [5.74, 6) is 0.973. The van der Waals surface area contributed by atoms with Crippen LogP contribution in [0, 0.1) is 13.8 Å². The molecule has 10 heteroatoms. The van der Waals surface area contributed by atoms with Crippen LogP contribution < -0.4 is 10.5 Å². The first-order chi connectivity index (χ1) is 15.7. The summed E-state index contributed by atoms with van der Waals surface area (Å²) in [6.07, 6.45) is 0. The number of fused-ring (bicyclic) bond motifs is 1. The van der Waals surface area contributed by atoms with E-state index in [1.54, 1.807) is 30.4 Å². The lowest BCUT2D eigenvalue weighted by molar-refractivity contribution is -0.135. The van der Waals surface area contributed by atoms with Crippen LogP contribution in [0.5, 0.6) is 5.75 Å². The summed E-state index contributed by atoms with van der Waals surface area (Å²) >= 11 is 0. The molecule has 1 atom stereocenters. The standard InChI is InChI=1S/C23H31N5O4S/c1-15-10-18(31-5)11-16(2)22(15)33(30)28(4)8-9-32-14-21(29)27(3)13-17-6-7-19-20(12-17)26-23(24)25-19/h6-7,10-12H,8-9,13-14H2,1-5H3,(H3,24,25,26). The van der Waals surface area contributed by atoms with E-state index in [9.17, 15) is 9.00 Å². The number of aromatic nitrogens is 2. The Morgan fingerprint density at radius 1 is 1.18 bits per heavy atom. The molecule has 1 amide bonds. The Morgan fingerprint density at radius 2 is 1.88 bits per heavy atom. The molecule has 0 aliphatic heterocycles. The summed E-state index contributed by atoms with van der Waals surface area (Å²) in [5, 5.41) is 0. The fraction of sp³-hybridized carbons (Fsp3) is 0.391. The van der Waals surface area contributed by atoms with Crippen molar-refractivity contribution < 1.29 is 18.5 Å². The molecule has 1 aromatic heterocycles. The van der Waals surface area contributed by atoms with Crippen LogP contribution in [-0.2, 0) is 27.1 Å².